The molecular formula is C82H98Cl3NO24. The number of alkyl halides is 3. The standard InChI is InChI=1S/C82H98Cl3NO24/c1-8-39-93-77-73(109-75-60(86-80(91)82(83,84)85)68(67-59(104-75)47-99-81(6,7)110-67)106-79-74(103-51(5)87)71(107-76-63(90)62(89)61(88)48(2)100-76)65(50(4)102-79)95-42-54-31-19-11-20-32-54)70(64(49(3)101-77)94-41-53-29-17-10-18-30-53)108-78-72(98-45-57-37-25-14-26-38-57)69(97-44-56-35-23-13-24-36-56)66(96-43-55-33-21-12-22-34-55)58(105-78)46-92-40-52-27-15-9-16-28-52/h8-38,48-50,58-79,88-90H,1,39-47H2,2-7H3,(H,86,91)/t48-,49-,50-,58+,59+,60+,61-,62+,63+,64-,65-,66+,67+,68+,69-,70+,71+,72+,73+,74+,75-,76-,77+,78+,79-/m0/s1. The second kappa shape index (κ2) is 39.4. The van der Waals surface area contributed by atoms with Gasteiger partial charge in [0, 0.05) is 6.92 Å². The van der Waals surface area contributed by atoms with Crippen molar-refractivity contribution in [3.8, 4) is 0 Å². The number of esters is 1. The summed E-state index contributed by atoms with van der Waals surface area (Å²) in [5.74, 6) is -3.41. The summed E-state index contributed by atoms with van der Waals surface area (Å²) in [7, 11) is 0. The maximum absolute atomic E-state index is 14.8. The average Bonchev–Trinajstić information content (AvgIpc) is 0.748. The summed E-state index contributed by atoms with van der Waals surface area (Å²) in [6, 6.07) is 55.8. The molecule has 0 aliphatic carbocycles. The summed E-state index contributed by atoms with van der Waals surface area (Å²) >= 11 is 19.6. The molecule has 25 nitrogen and oxygen atoms in total. The summed E-state index contributed by atoms with van der Waals surface area (Å²) in [6.07, 6.45) is -30.9. The Morgan fingerprint density at radius 3 is 1.38 bits per heavy atom. The Balaban J connectivity index is 0.972. The highest BCUT2D eigenvalue weighted by atomic mass is 35.6. The molecule has 6 aromatic carbocycles. The van der Waals surface area contributed by atoms with E-state index in [1.54, 1.807) is 27.7 Å². The van der Waals surface area contributed by atoms with Crippen LogP contribution in [0.2, 0.25) is 0 Å². The van der Waals surface area contributed by atoms with Crippen LogP contribution in [0.1, 0.15) is 74.9 Å². The van der Waals surface area contributed by atoms with Crippen LogP contribution in [-0.4, -0.2) is 210 Å². The highest BCUT2D eigenvalue weighted by Crippen LogP contribution is 2.43. The third-order valence-electron chi connectivity index (χ3n) is 19.7. The number of hydrogen-bond acceptors (Lipinski definition) is 24. The van der Waals surface area contributed by atoms with Crippen LogP contribution in [0.4, 0.5) is 0 Å². The molecule has 596 valence electrons. The first kappa shape index (κ1) is 83.5. The SMILES string of the molecule is C=CCO[C@@H]1O[C@@H](C)[C@H](OCc2ccccc2)[C@@H](O[C@H]2O[C@H](COCc3ccccc3)[C@@H](OCc3ccccc3)[C@H](OCc3ccccc3)[C@H]2OCc2ccccc2)[C@H]1O[C@@H]1O[C@@H]2COC(C)(C)O[C@H]2[C@H](O[C@@H]2O[C@@H](C)[C@H](OCc3ccccc3)[C@@H](O[C@@H]3O[C@@H](C)[C@H](O)[C@@H](O)[C@H]3O)[C@H]2OC(C)=O)[C@H]1NC(=O)C(Cl)(Cl)Cl. The van der Waals surface area contributed by atoms with E-state index in [4.69, 9.17) is 125 Å². The van der Waals surface area contributed by atoms with Crippen LogP contribution >= 0.6 is 34.8 Å². The van der Waals surface area contributed by atoms with Gasteiger partial charge in [0.15, 0.2) is 43.3 Å². The Bertz CT molecular complexity index is 3780. The first-order chi connectivity index (χ1) is 53.1. The van der Waals surface area contributed by atoms with Gasteiger partial charge in [0.25, 0.3) is 9.70 Å². The number of nitrogens with one attached hydrogen (secondary N) is 1. The Hall–Kier alpha value is -5.97. The minimum atomic E-state index is -2.67. The molecule has 1 amide bonds. The van der Waals surface area contributed by atoms with E-state index in [1.807, 2.05) is 182 Å². The number of amides is 1. The van der Waals surface area contributed by atoms with Crippen molar-refractivity contribution in [3.63, 3.8) is 0 Å². The van der Waals surface area contributed by atoms with Crippen molar-refractivity contribution in [2.24, 2.45) is 0 Å². The van der Waals surface area contributed by atoms with Crippen LogP contribution in [0, 0.1) is 0 Å². The fourth-order valence-electron chi connectivity index (χ4n) is 14.2. The van der Waals surface area contributed by atoms with Crippen molar-refractivity contribution < 1.29 is 115 Å². The topological polar surface area (TPSA) is 282 Å². The molecule has 6 aliphatic rings. The number of halogens is 3. The van der Waals surface area contributed by atoms with Crippen molar-refractivity contribution >= 4 is 46.7 Å². The molecule has 25 atom stereocenters. The van der Waals surface area contributed by atoms with Gasteiger partial charge in [0.2, 0.25) is 0 Å². The van der Waals surface area contributed by atoms with E-state index in [9.17, 15) is 24.9 Å². The van der Waals surface area contributed by atoms with Crippen LogP contribution in [-0.2, 0) is 139 Å². The van der Waals surface area contributed by atoms with E-state index in [0.29, 0.717) is 0 Å². The number of hydrogen-bond donors (Lipinski definition) is 4. The van der Waals surface area contributed by atoms with Crippen LogP contribution in [0.25, 0.3) is 0 Å². The van der Waals surface area contributed by atoms with Gasteiger partial charge < -0.3 is 111 Å². The van der Waals surface area contributed by atoms with Gasteiger partial charge in [0.1, 0.15) is 97.6 Å². The monoisotopic (exact) mass is 1590 g/mol. The van der Waals surface area contributed by atoms with Crippen molar-refractivity contribution in [2.75, 3.05) is 19.8 Å². The van der Waals surface area contributed by atoms with Crippen LogP contribution < -0.4 is 5.32 Å². The number of rotatable bonds is 32. The molecule has 0 unspecified atom stereocenters. The van der Waals surface area contributed by atoms with Crippen LogP contribution in [0.3, 0.4) is 0 Å². The molecule has 0 spiro atoms. The molecule has 12 rings (SSSR count). The minimum Gasteiger partial charge on any atom is -0.454 e. The van der Waals surface area contributed by atoms with Crippen molar-refractivity contribution in [3.05, 3.63) is 228 Å². The number of ether oxygens (including phenoxy) is 19. The summed E-state index contributed by atoms with van der Waals surface area (Å²) in [5, 5.41) is 36.4. The zero-order chi connectivity index (χ0) is 77.5. The predicted octanol–water partition coefficient (Wildman–Crippen LogP) is 9.58. The van der Waals surface area contributed by atoms with Crippen molar-refractivity contribution in [1.82, 2.24) is 5.32 Å². The Kier molecular flexibility index (Phi) is 29.9. The van der Waals surface area contributed by atoms with E-state index in [0.717, 1.165) is 40.3 Å². The molecule has 4 N–H and O–H groups in total. The maximum Gasteiger partial charge on any atom is 0.303 e. The summed E-state index contributed by atoms with van der Waals surface area (Å²) < 4.78 is 128. The quantitative estimate of drug-likeness (QED) is 0.0174. The molecule has 6 aromatic rings. The molecule has 28 heteroatoms. The second-order valence-corrected chi connectivity index (χ2v) is 30.7. The normalized spacial score (nSPS) is 33.8. The Morgan fingerprint density at radius 1 is 0.473 bits per heavy atom. The van der Waals surface area contributed by atoms with E-state index in [1.165, 1.54) is 13.0 Å². The fraction of sp³-hybridized carbons (Fsp3) is 0.512. The molecule has 0 bridgehead atoms. The molecule has 0 radical (unpaired) electrons. The van der Waals surface area contributed by atoms with E-state index >= 15 is 0 Å². The van der Waals surface area contributed by atoms with Crippen LogP contribution in [0.5, 0.6) is 0 Å². The van der Waals surface area contributed by atoms with Gasteiger partial charge in [-0.15, -0.1) is 6.58 Å². The first-order valence-corrected chi connectivity index (χ1v) is 38.1. The van der Waals surface area contributed by atoms with Gasteiger partial charge >= 0.3 is 5.97 Å². The number of carbonyl (C=O) groups excluding carboxylic acids is 2. The lowest BCUT2D eigenvalue weighted by atomic mass is 9.93. The first-order valence-electron chi connectivity index (χ1n) is 37.0. The highest BCUT2D eigenvalue weighted by molar-refractivity contribution is 6.76. The predicted molar refractivity (Wildman–Crippen MR) is 398 cm³/mol. The second-order valence-electron chi connectivity index (χ2n) is 28.4. The van der Waals surface area contributed by atoms with E-state index in [2.05, 4.69) is 11.9 Å². The average molecular weight is 1590 g/mol. The van der Waals surface area contributed by atoms with Crippen molar-refractivity contribution in [2.45, 2.75) is 244 Å². The minimum absolute atomic E-state index is 0.0170. The lowest BCUT2D eigenvalue weighted by molar-refractivity contribution is -0.417. The highest BCUT2D eigenvalue weighted by Gasteiger charge is 2.61. The zero-order valence-corrected chi connectivity index (χ0v) is 64.2. The number of benzene rings is 6. The summed E-state index contributed by atoms with van der Waals surface area (Å²) in [6.45, 7) is 13.5. The summed E-state index contributed by atoms with van der Waals surface area (Å²) in [5.41, 5.74) is 5.00. The largest absolute Gasteiger partial charge is 0.454 e. The molecule has 6 fully saturated rings. The van der Waals surface area contributed by atoms with Gasteiger partial charge in [-0.05, 0) is 68.0 Å². The van der Waals surface area contributed by atoms with Gasteiger partial charge in [-0.25, -0.2) is 0 Å². The molecule has 6 aliphatic heterocycles. The third kappa shape index (κ3) is 21.9. The summed E-state index contributed by atoms with van der Waals surface area (Å²) in [4.78, 5) is 28.5. The molecule has 0 aromatic heterocycles. The molecule has 0 saturated carbocycles. The van der Waals surface area contributed by atoms with Crippen LogP contribution in [0.15, 0.2) is 195 Å². The van der Waals surface area contributed by atoms with Gasteiger partial charge in [-0.3, -0.25) is 9.59 Å². The van der Waals surface area contributed by atoms with Crippen molar-refractivity contribution in [1.29, 1.82) is 0 Å². The third-order valence-corrected chi connectivity index (χ3v) is 20.3. The smallest absolute Gasteiger partial charge is 0.303 e. The fourth-order valence-corrected chi connectivity index (χ4v) is 14.4. The van der Waals surface area contributed by atoms with Gasteiger partial charge in [-0.1, -0.05) is 223 Å². The number of fused-ring (bicyclic) bond motifs is 1. The number of carbonyl (C=O) groups is 2. The number of aliphatic hydroxyl groups is 3. The molecular weight excluding hydrogens is 1490 g/mol. The molecule has 6 heterocycles. The zero-order valence-electron chi connectivity index (χ0n) is 62.0. The Morgan fingerprint density at radius 2 is 0.891 bits per heavy atom. The maximum atomic E-state index is 14.8. The lowest BCUT2D eigenvalue weighted by Gasteiger charge is -2.54. The Labute approximate surface area is 655 Å². The van der Waals surface area contributed by atoms with Gasteiger partial charge in [-0.2, -0.15) is 0 Å². The number of aliphatic hydroxyl groups excluding tert-OH is 3. The molecule has 110 heavy (non-hydrogen) atoms. The van der Waals surface area contributed by atoms with E-state index in [-0.39, 0.29) is 59.5 Å². The lowest BCUT2D eigenvalue weighted by Crippen LogP contribution is -2.73. The molecule has 6 saturated heterocycles. The van der Waals surface area contributed by atoms with E-state index < -0.39 is 175 Å². The van der Waals surface area contributed by atoms with Gasteiger partial charge in [0.05, 0.1) is 77.8 Å².